The van der Waals surface area contributed by atoms with E-state index in [-0.39, 0.29) is 12.0 Å². The molecule has 1 aliphatic rings. The maximum absolute atomic E-state index is 11.8. The van der Waals surface area contributed by atoms with E-state index in [1.54, 1.807) is 0 Å². The Morgan fingerprint density at radius 3 is 2.44 bits per heavy atom. The number of nitrogens with zero attached hydrogens (tertiary/aromatic N) is 1. The van der Waals surface area contributed by atoms with E-state index in [9.17, 15) is 4.79 Å². The van der Waals surface area contributed by atoms with E-state index >= 15 is 0 Å². The lowest BCUT2D eigenvalue weighted by Crippen LogP contribution is -2.45. The quantitative estimate of drug-likeness (QED) is 0.671. The molecule has 1 N–H and O–H groups in total. The number of methoxy groups -OCH3 is 1. The van der Waals surface area contributed by atoms with Gasteiger partial charge in [0.15, 0.2) is 0 Å². The third-order valence-corrected chi connectivity index (χ3v) is 4.01. The van der Waals surface area contributed by atoms with E-state index < -0.39 is 0 Å². The zero-order chi connectivity index (χ0) is 13.4. The lowest BCUT2D eigenvalue weighted by Gasteiger charge is -2.24. The maximum atomic E-state index is 11.8. The van der Waals surface area contributed by atoms with Gasteiger partial charge in [0, 0.05) is 13.1 Å². The number of esters is 1. The first kappa shape index (κ1) is 15.4. The second-order valence-electron chi connectivity index (χ2n) is 5.03. The monoisotopic (exact) mass is 256 g/mol. The molecule has 0 aromatic rings. The molecule has 0 saturated heterocycles. The van der Waals surface area contributed by atoms with Crippen molar-refractivity contribution in [2.45, 2.75) is 45.6 Å². The van der Waals surface area contributed by atoms with Crippen LogP contribution in [-0.2, 0) is 9.53 Å². The molecule has 1 unspecified atom stereocenters. The van der Waals surface area contributed by atoms with Crippen LogP contribution < -0.4 is 5.32 Å². The van der Waals surface area contributed by atoms with E-state index in [0.29, 0.717) is 5.92 Å². The molecule has 0 aromatic carbocycles. The van der Waals surface area contributed by atoms with Crippen molar-refractivity contribution in [2.24, 2.45) is 5.92 Å². The van der Waals surface area contributed by atoms with E-state index in [2.05, 4.69) is 24.1 Å². The highest BCUT2D eigenvalue weighted by atomic mass is 16.5. The van der Waals surface area contributed by atoms with Gasteiger partial charge in [0.25, 0.3) is 0 Å². The lowest BCUT2D eigenvalue weighted by molar-refractivity contribution is -0.144. The van der Waals surface area contributed by atoms with Crippen LogP contribution in [0.3, 0.4) is 0 Å². The Labute approximate surface area is 111 Å². The highest BCUT2D eigenvalue weighted by Crippen LogP contribution is 2.28. The average molecular weight is 256 g/mol. The summed E-state index contributed by atoms with van der Waals surface area (Å²) in [5.41, 5.74) is 0. The Balaban J connectivity index is 2.38. The van der Waals surface area contributed by atoms with Gasteiger partial charge < -0.3 is 15.0 Å². The summed E-state index contributed by atoms with van der Waals surface area (Å²) in [5, 5.41) is 3.40. The van der Waals surface area contributed by atoms with Gasteiger partial charge in [0.05, 0.1) is 7.11 Å². The number of nitrogens with one attached hydrogen (secondary N) is 1. The zero-order valence-corrected chi connectivity index (χ0v) is 12.1. The molecule has 1 aliphatic carbocycles. The van der Waals surface area contributed by atoms with Gasteiger partial charge in [-0.3, -0.25) is 4.79 Å². The van der Waals surface area contributed by atoms with Gasteiger partial charge in [0.2, 0.25) is 0 Å². The Hall–Kier alpha value is -0.610. The predicted octanol–water partition coefficient (Wildman–Crippen LogP) is 1.65. The van der Waals surface area contributed by atoms with E-state index in [0.717, 1.165) is 39.0 Å². The second-order valence-corrected chi connectivity index (χ2v) is 5.03. The van der Waals surface area contributed by atoms with Crippen LogP contribution in [0.25, 0.3) is 0 Å². The number of ether oxygens (including phenoxy) is 1. The van der Waals surface area contributed by atoms with E-state index in [1.165, 1.54) is 20.0 Å². The van der Waals surface area contributed by atoms with Crippen molar-refractivity contribution in [1.29, 1.82) is 0 Å². The predicted molar refractivity (Wildman–Crippen MR) is 73.6 cm³/mol. The van der Waals surface area contributed by atoms with Crippen molar-refractivity contribution in [3.8, 4) is 0 Å². The molecule has 1 atom stereocenters. The molecule has 1 saturated carbocycles. The van der Waals surface area contributed by atoms with Crippen LogP contribution in [-0.4, -0.2) is 50.2 Å². The van der Waals surface area contributed by atoms with Crippen molar-refractivity contribution < 1.29 is 9.53 Å². The topological polar surface area (TPSA) is 41.6 Å². The highest BCUT2D eigenvalue weighted by Gasteiger charge is 2.30. The first-order chi connectivity index (χ1) is 8.72. The standard InChI is InChI=1S/C14H28N2O2/c1-4-16(5-2)11-10-15-13(14(17)18-3)12-8-6-7-9-12/h12-13,15H,4-11H2,1-3H3. The van der Waals surface area contributed by atoms with Crippen LogP contribution in [0.5, 0.6) is 0 Å². The van der Waals surface area contributed by atoms with Gasteiger partial charge in [-0.25, -0.2) is 0 Å². The number of likely N-dealkylation sites (N-methyl/N-ethyl adjacent to an activating group) is 1. The van der Waals surface area contributed by atoms with Gasteiger partial charge in [-0.05, 0) is 31.8 Å². The zero-order valence-electron chi connectivity index (χ0n) is 12.1. The van der Waals surface area contributed by atoms with Crippen LogP contribution in [0.15, 0.2) is 0 Å². The number of rotatable bonds is 8. The molecule has 18 heavy (non-hydrogen) atoms. The van der Waals surface area contributed by atoms with Crippen molar-refractivity contribution in [3.63, 3.8) is 0 Å². The average Bonchev–Trinajstić information content (AvgIpc) is 2.92. The summed E-state index contributed by atoms with van der Waals surface area (Å²) in [6.07, 6.45) is 4.79. The minimum atomic E-state index is -0.104. The third-order valence-electron chi connectivity index (χ3n) is 4.01. The Morgan fingerprint density at radius 2 is 1.94 bits per heavy atom. The number of hydrogen-bond acceptors (Lipinski definition) is 4. The molecule has 0 amide bonds. The Bertz CT molecular complexity index is 236. The normalized spacial score (nSPS) is 18.2. The minimum absolute atomic E-state index is 0.0959. The van der Waals surface area contributed by atoms with Crippen molar-refractivity contribution in [3.05, 3.63) is 0 Å². The van der Waals surface area contributed by atoms with E-state index in [4.69, 9.17) is 4.74 Å². The Morgan fingerprint density at radius 1 is 1.33 bits per heavy atom. The first-order valence-corrected chi connectivity index (χ1v) is 7.26. The number of carbonyl (C=O) groups excluding carboxylic acids is 1. The molecule has 1 rings (SSSR count). The molecular formula is C14H28N2O2. The second kappa shape index (κ2) is 8.48. The molecule has 4 nitrogen and oxygen atoms in total. The summed E-state index contributed by atoms with van der Waals surface area (Å²) in [5.74, 6) is 0.371. The molecule has 0 spiro atoms. The van der Waals surface area contributed by atoms with Gasteiger partial charge in [-0.1, -0.05) is 26.7 Å². The van der Waals surface area contributed by atoms with Gasteiger partial charge in [-0.15, -0.1) is 0 Å². The smallest absolute Gasteiger partial charge is 0.323 e. The maximum Gasteiger partial charge on any atom is 0.323 e. The number of hydrogen-bond donors (Lipinski definition) is 1. The molecule has 0 bridgehead atoms. The van der Waals surface area contributed by atoms with Crippen LogP contribution in [0.4, 0.5) is 0 Å². The largest absolute Gasteiger partial charge is 0.468 e. The van der Waals surface area contributed by atoms with Crippen molar-refractivity contribution in [1.82, 2.24) is 10.2 Å². The van der Waals surface area contributed by atoms with Crippen molar-refractivity contribution in [2.75, 3.05) is 33.3 Å². The molecule has 0 heterocycles. The molecular weight excluding hydrogens is 228 g/mol. The molecule has 0 radical (unpaired) electrons. The SMILES string of the molecule is CCN(CC)CCNC(C(=O)OC)C1CCCC1. The van der Waals surface area contributed by atoms with Gasteiger partial charge >= 0.3 is 5.97 Å². The molecule has 0 aliphatic heterocycles. The van der Waals surface area contributed by atoms with Gasteiger partial charge in [0.1, 0.15) is 6.04 Å². The number of carbonyl (C=O) groups is 1. The Kier molecular flexibility index (Phi) is 7.28. The summed E-state index contributed by atoms with van der Waals surface area (Å²) in [7, 11) is 1.48. The first-order valence-electron chi connectivity index (χ1n) is 7.26. The fraction of sp³-hybridized carbons (Fsp3) is 0.929. The lowest BCUT2D eigenvalue weighted by atomic mass is 9.98. The van der Waals surface area contributed by atoms with Crippen molar-refractivity contribution >= 4 is 5.97 Å². The van der Waals surface area contributed by atoms with Crippen LogP contribution in [0.1, 0.15) is 39.5 Å². The molecule has 106 valence electrons. The van der Waals surface area contributed by atoms with Crippen LogP contribution >= 0.6 is 0 Å². The van der Waals surface area contributed by atoms with E-state index in [1.807, 2.05) is 0 Å². The summed E-state index contributed by atoms with van der Waals surface area (Å²) >= 11 is 0. The molecule has 4 heteroatoms. The fourth-order valence-corrected chi connectivity index (χ4v) is 2.78. The van der Waals surface area contributed by atoms with Gasteiger partial charge in [-0.2, -0.15) is 0 Å². The van der Waals surface area contributed by atoms with Crippen LogP contribution in [0.2, 0.25) is 0 Å². The third kappa shape index (κ3) is 4.58. The summed E-state index contributed by atoms with van der Waals surface area (Å²) in [4.78, 5) is 14.2. The molecule has 0 aromatic heterocycles. The summed E-state index contributed by atoms with van der Waals surface area (Å²) < 4.78 is 4.92. The highest BCUT2D eigenvalue weighted by molar-refractivity contribution is 5.76. The minimum Gasteiger partial charge on any atom is -0.468 e. The molecule has 1 fully saturated rings. The fourth-order valence-electron chi connectivity index (χ4n) is 2.78. The van der Waals surface area contributed by atoms with Crippen LogP contribution in [0, 0.1) is 5.92 Å². The summed E-state index contributed by atoms with van der Waals surface area (Å²) in [6.45, 7) is 8.30. The summed E-state index contributed by atoms with van der Waals surface area (Å²) in [6, 6.07) is -0.104.